The maximum Gasteiger partial charge on any atom is 0.269 e. The van der Waals surface area contributed by atoms with Gasteiger partial charge in [0, 0.05) is 15.6 Å². The van der Waals surface area contributed by atoms with E-state index in [-0.39, 0.29) is 12.0 Å². The quantitative estimate of drug-likeness (QED) is 0.626. The molecular weight excluding hydrogens is 351 g/mol. The van der Waals surface area contributed by atoms with Crippen molar-refractivity contribution in [3.63, 3.8) is 0 Å². The van der Waals surface area contributed by atoms with Gasteiger partial charge >= 0.3 is 0 Å². The molecule has 3 N–H and O–H groups in total. The molecule has 2 aromatic carbocycles. The van der Waals surface area contributed by atoms with E-state index in [0.29, 0.717) is 15.9 Å². The molecule has 2 amide bonds. The zero-order valence-corrected chi connectivity index (χ0v) is 13.8. The molecule has 0 atom stereocenters. The van der Waals surface area contributed by atoms with Gasteiger partial charge < -0.3 is 4.98 Å². The van der Waals surface area contributed by atoms with E-state index < -0.39 is 11.8 Å². The summed E-state index contributed by atoms with van der Waals surface area (Å²) in [5.41, 5.74) is 6.51. The number of rotatable bonds is 3. The molecule has 24 heavy (non-hydrogen) atoms. The van der Waals surface area contributed by atoms with Crippen LogP contribution >= 0.6 is 23.2 Å². The molecule has 3 rings (SSSR count). The van der Waals surface area contributed by atoms with Gasteiger partial charge in [-0.15, -0.1) is 0 Å². The number of para-hydroxylation sites is 2. The number of benzene rings is 2. The van der Waals surface area contributed by atoms with Crippen molar-refractivity contribution in [2.45, 2.75) is 6.42 Å². The van der Waals surface area contributed by atoms with E-state index in [1.807, 2.05) is 24.3 Å². The maximum absolute atomic E-state index is 12.0. The Bertz CT molecular complexity index is 870. The second-order valence-corrected chi connectivity index (χ2v) is 5.91. The molecular formula is C16H12Cl2N4O2. The lowest BCUT2D eigenvalue weighted by atomic mass is 10.2. The van der Waals surface area contributed by atoms with Crippen LogP contribution in [0.2, 0.25) is 10.0 Å². The summed E-state index contributed by atoms with van der Waals surface area (Å²) in [4.78, 5) is 31.2. The lowest BCUT2D eigenvalue weighted by molar-refractivity contribution is -0.121. The lowest BCUT2D eigenvalue weighted by Crippen LogP contribution is -2.42. The fourth-order valence-corrected chi connectivity index (χ4v) is 2.70. The molecule has 0 saturated carbocycles. The standard InChI is InChI=1S/C16H12Cl2N4O2/c17-10-5-9(6-11(18)7-10)16(24)22-21-15(23)8-14-19-12-3-1-2-4-13(12)20-14/h1-7H,8H2,(H,19,20)(H,21,23)(H,22,24). The van der Waals surface area contributed by atoms with E-state index in [0.717, 1.165) is 11.0 Å². The Balaban J connectivity index is 1.59. The third-order valence-electron chi connectivity index (χ3n) is 3.21. The number of amides is 2. The van der Waals surface area contributed by atoms with Crippen LogP contribution in [0.5, 0.6) is 0 Å². The minimum atomic E-state index is -0.516. The zero-order valence-electron chi connectivity index (χ0n) is 12.3. The summed E-state index contributed by atoms with van der Waals surface area (Å²) in [6.07, 6.45) is 0.00522. The first kappa shape index (κ1) is 16.3. The van der Waals surface area contributed by atoms with Crippen molar-refractivity contribution in [1.29, 1.82) is 0 Å². The third-order valence-corrected chi connectivity index (χ3v) is 3.64. The van der Waals surface area contributed by atoms with Gasteiger partial charge in [-0.3, -0.25) is 20.4 Å². The van der Waals surface area contributed by atoms with E-state index in [1.165, 1.54) is 18.2 Å². The molecule has 0 bridgehead atoms. The van der Waals surface area contributed by atoms with Gasteiger partial charge in [0.05, 0.1) is 17.5 Å². The van der Waals surface area contributed by atoms with Crippen LogP contribution < -0.4 is 10.9 Å². The first-order valence-electron chi connectivity index (χ1n) is 7.00. The summed E-state index contributed by atoms with van der Waals surface area (Å²) in [5.74, 6) is -0.415. The Morgan fingerprint density at radius 2 is 1.75 bits per heavy atom. The minimum absolute atomic E-state index is 0.00522. The number of aromatic nitrogens is 2. The molecule has 0 unspecified atom stereocenters. The first-order chi connectivity index (χ1) is 11.5. The number of hydrogen-bond donors (Lipinski definition) is 3. The first-order valence-corrected chi connectivity index (χ1v) is 7.76. The fourth-order valence-electron chi connectivity index (χ4n) is 2.17. The average molecular weight is 363 g/mol. The van der Waals surface area contributed by atoms with Gasteiger partial charge in [0.1, 0.15) is 5.82 Å². The number of halogens is 2. The van der Waals surface area contributed by atoms with Crippen molar-refractivity contribution >= 4 is 46.0 Å². The van der Waals surface area contributed by atoms with Crippen LogP contribution in [-0.4, -0.2) is 21.8 Å². The molecule has 1 heterocycles. The predicted octanol–water partition coefficient (Wildman–Crippen LogP) is 2.87. The molecule has 0 fully saturated rings. The molecule has 0 saturated heterocycles. The van der Waals surface area contributed by atoms with E-state index in [9.17, 15) is 9.59 Å². The third kappa shape index (κ3) is 3.84. The van der Waals surface area contributed by atoms with Crippen molar-refractivity contribution in [3.8, 4) is 0 Å². The average Bonchev–Trinajstić information content (AvgIpc) is 2.93. The number of nitrogens with one attached hydrogen (secondary N) is 3. The predicted molar refractivity (Wildman–Crippen MR) is 91.9 cm³/mol. The summed E-state index contributed by atoms with van der Waals surface area (Å²) in [7, 11) is 0. The number of nitrogens with zero attached hydrogens (tertiary/aromatic N) is 1. The molecule has 122 valence electrons. The minimum Gasteiger partial charge on any atom is -0.342 e. The zero-order chi connectivity index (χ0) is 17.1. The van der Waals surface area contributed by atoms with Gasteiger partial charge in [0.15, 0.2) is 0 Å². The number of fused-ring (bicyclic) bond motifs is 1. The summed E-state index contributed by atoms with van der Waals surface area (Å²) in [6.45, 7) is 0. The van der Waals surface area contributed by atoms with Gasteiger partial charge in [-0.2, -0.15) is 0 Å². The van der Waals surface area contributed by atoms with Crippen LogP contribution in [0.1, 0.15) is 16.2 Å². The molecule has 6 nitrogen and oxygen atoms in total. The van der Waals surface area contributed by atoms with Crippen molar-refractivity contribution in [2.75, 3.05) is 0 Å². The number of aromatic amines is 1. The van der Waals surface area contributed by atoms with Gasteiger partial charge in [0.25, 0.3) is 5.91 Å². The number of imidazole rings is 1. The smallest absolute Gasteiger partial charge is 0.269 e. The molecule has 0 radical (unpaired) electrons. The number of hydrogen-bond acceptors (Lipinski definition) is 3. The second kappa shape index (κ2) is 6.90. The van der Waals surface area contributed by atoms with Crippen molar-refractivity contribution in [2.24, 2.45) is 0 Å². The van der Waals surface area contributed by atoms with Gasteiger partial charge in [-0.1, -0.05) is 35.3 Å². The monoisotopic (exact) mass is 362 g/mol. The largest absolute Gasteiger partial charge is 0.342 e. The summed E-state index contributed by atoms with van der Waals surface area (Å²) in [5, 5.41) is 0.669. The molecule has 8 heteroatoms. The topological polar surface area (TPSA) is 86.9 Å². The number of hydrazine groups is 1. The Kier molecular flexibility index (Phi) is 4.69. The van der Waals surface area contributed by atoms with Crippen LogP contribution in [0.4, 0.5) is 0 Å². The van der Waals surface area contributed by atoms with E-state index >= 15 is 0 Å². The molecule has 3 aromatic rings. The van der Waals surface area contributed by atoms with Crippen molar-refractivity contribution in [1.82, 2.24) is 20.8 Å². The van der Waals surface area contributed by atoms with Crippen LogP contribution in [0.15, 0.2) is 42.5 Å². The molecule has 0 spiro atoms. The van der Waals surface area contributed by atoms with Crippen molar-refractivity contribution < 1.29 is 9.59 Å². The van der Waals surface area contributed by atoms with Crippen LogP contribution in [0.25, 0.3) is 11.0 Å². The van der Waals surface area contributed by atoms with Crippen molar-refractivity contribution in [3.05, 3.63) is 63.9 Å². The highest BCUT2D eigenvalue weighted by Crippen LogP contribution is 2.18. The summed E-state index contributed by atoms with van der Waals surface area (Å²) in [6, 6.07) is 11.9. The summed E-state index contributed by atoms with van der Waals surface area (Å²) >= 11 is 11.7. The molecule has 0 aliphatic heterocycles. The number of H-pyrrole nitrogens is 1. The highest BCUT2D eigenvalue weighted by atomic mass is 35.5. The fraction of sp³-hybridized carbons (Fsp3) is 0.0625. The van der Waals surface area contributed by atoms with Crippen LogP contribution in [-0.2, 0) is 11.2 Å². The lowest BCUT2D eigenvalue weighted by Gasteiger charge is -2.07. The molecule has 0 aliphatic rings. The van der Waals surface area contributed by atoms with Gasteiger partial charge in [0.2, 0.25) is 5.91 Å². The highest BCUT2D eigenvalue weighted by Gasteiger charge is 2.11. The molecule has 0 aliphatic carbocycles. The van der Waals surface area contributed by atoms with Crippen LogP contribution in [0, 0.1) is 0 Å². The van der Waals surface area contributed by atoms with E-state index in [2.05, 4.69) is 20.8 Å². The SMILES string of the molecule is O=C(Cc1nc2ccccc2[nH]1)NNC(=O)c1cc(Cl)cc(Cl)c1. The maximum atomic E-state index is 12.0. The summed E-state index contributed by atoms with van der Waals surface area (Å²) < 4.78 is 0. The van der Waals surface area contributed by atoms with Gasteiger partial charge in [-0.25, -0.2) is 4.98 Å². The Labute approximate surface area is 147 Å². The Morgan fingerprint density at radius 3 is 2.46 bits per heavy atom. The second-order valence-electron chi connectivity index (χ2n) is 5.04. The Morgan fingerprint density at radius 1 is 1.04 bits per heavy atom. The molecule has 1 aromatic heterocycles. The highest BCUT2D eigenvalue weighted by molar-refractivity contribution is 6.35. The Hall–Kier alpha value is -2.57. The normalized spacial score (nSPS) is 10.6. The van der Waals surface area contributed by atoms with E-state index in [4.69, 9.17) is 23.2 Å². The number of carbonyl (C=O) groups excluding carboxylic acids is 2. The van der Waals surface area contributed by atoms with Gasteiger partial charge in [-0.05, 0) is 30.3 Å². The van der Waals surface area contributed by atoms with Crippen LogP contribution in [0.3, 0.4) is 0 Å². The van der Waals surface area contributed by atoms with E-state index in [1.54, 1.807) is 0 Å². The number of carbonyl (C=O) groups is 2.